The van der Waals surface area contributed by atoms with Gasteiger partial charge < -0.3 is 19.5 Å². The fourth-order valence-corrected chi connectivity index (χ4v) is 2.75. The summed E-state index contributed by atoms with van der Waals surface area (Å²) in [6.07, 6.45) is 2.08. The number of carbonyl (C=O) groups excluding carboxylic acids is 1. The smallest absolute Gasteiger partial charge is 0.258 e. The molecule has 2 rings (SSSR count). The van der Waals surface area contributed by atoms with Crippen LogP contribution < -0.4 is 19.5 Å². The first kappa shape index (κ1) is 21.6. The van der Waals surface area contributed by atoms with Crippen LogP contribution in [0.2, 0.25) is 0 Å². The van der Waals surface area contributed by atoms with E-state index in [0.29, 0.717) is 24.8 Å². The van der Waals surface area contributed by atoms with Crippen molar-refractivity contribution in [3.05, 3.63) is 53.6 Å². The molecule has 0 aliphatic rings. The molecule has 1 N–H and O–H groups in total. The summed E-state index contributed by atoms with van der Waals surface area (Å²) in [7, 11) is 1.62. The number of hydrogen-bond donors (Lipinski definition) is 1. The molecular formula is C23H31NO4. The Bertz CT molecular complexity index is 758. The summed E-state index contributed by atoms with van der Waals surface area (Å²) in [5, 5.41) is 2.88. The van der Waals surface area contributed by atoms with E-state index in [1.807, 2.05) is 42.5 Å². The second kappa shape index (κ2) is 11.2. The Kier molecular flexibility index (Phi) is 8.66. The summed E-state index contributed by atoms with van der Waals surface area (Å²) in [4.78, 5) is 12.2. The van der Waals surface area contributed by atoms with E-state index >= 15 is 0 Å². The Morgan fingerprint density at radius 2 is 1.82 bits per heavy atom. The van der Waals surface area contributed by atoms with Crippen molar-refractivity contribution < 1.29 is 19.0 Å². The quantitative estimate of drug-likeness (QED) is 0.570. The van der Waals surface area contributed by atoms with Crippen molar-refractivity contribution in [2.45, 2.75) is 46.1 Å². The van der Waals surface area contributed by atoms with Gasteiger partial charge in [0.05, 0.1) is 13.7 Å². The number of hydrogen-bond acceptors (Lipinski definition) is 4. The maximum absolute atomic E-state index is 12.2. The molecule has 1 amide bonds. The van der Waals surface area contributed by atoms with Gasteiger partial charge in [-0.3, -0.25) is 4.79 Å². The molecule has 0 fully saturated rings. The SMILES string of the molecule is CCCCOc1ccc(CNC(=O)COc2ccccc2C(C)C)cc1OC. The van der Waals surface area contributed by atoms with Crippen molar-refractivity contribution in [3.63, 3.8) is 0 Å². The van der Waals surface area contributed by atoms with Gasteiger partial charge in [0.2, 0.25) is 0 Å². The van der Waals surface area contributed by atoms with Gasteiger partial charge >= 0.3 is 0 Å². The first-order chi connectivity index (χ1) is 13.5. The minimum atomic E-state index is -0.166. The van der Waals surface area contributed by atoms with Crippen LogP contribution in [0.1, 0.15) is 50.7 Å². The van der Waals surface area contributed by atoms with Crippen LogP contribution in [-0.2, 0) is 11.3 Å². The van der Waals surface area contributed by atoms with Crippen molar-refractivity contribution >= 4 is 5.91 Å². The van der Waals surface area contributed by atoms with Gasteiger partial charge in [0.1, 0.15) is 5.75 Å². The maximum Gasteiger partial charge on any atom is 0.258 e. The fraction of sp³-hybridized carbons (Fsp3) is 0.435. The number of unbranched alkanes of at least 4 members (excludes halogenated alkanes) is 1. The Labute approximate surface area is 168 Å². The van der Waals surface area contributed by atoms with E-state index in [-0.39, 0.29) is 12.5 Å². The lowest BCUT2D eigenvalue weighted by molar-refractivity contribution is -0.123. The predicted octanol–water partition coefficient (Wildman–Crippen LogP) is 4.69. The van der Waals surface area contributed by atoms with Gasteiger partial charge in [0.15, 0.2) is 18.1 Å². The first-order valence-electron chi connectivity index (χ1n) is 9.83. The summed E-state index contributed by atoms with van der Waals surface area (Å²) < 4.78 is 16.8. The molecule has 0 atom stereocenters. The van der Waals surface area contributed by atoms with Crippen LogP contribution in [0.5, 0.6) is 17.2 Å². The van der Waals surface area contributed by atoms with E-state index in [4.69, 9.17) is 14.2 Å². The lowest BCUT2D eigenvalue weighted by Crippen LogP contribution is -2.28. The lowest BCUT2D eigenvalue weighted by atomic mass is 10.0. The molecule has 0 aromatic heterocycles. The second-order valence-electron chi connectivity index (χ2n) is 6.95. The third kappa shape index (κ3) is 6.48. The zero-order chi connectivity index (χ0) is 20.4. The van der Waals surface area contributed by atoms with Crippen LogP contribution in [0.4, 0.5) is 0 Å². The molecular weight excluding hydrogens is 354 g/mol. The molecule has 0 heterocycles. The molecule has 2 aromatic carbocycles. The second-order valence-corrected chi connectivity index (χ2v) is 6.95. The van der Waals surface area contributed by atoms with E-state index in [1.54, 1.807) is 7.11 Å². The molecule has 0 saturated carbocycles. The van der Waals surface area contributed by atoms with Crippen molar-refractivity contribution in [2.75, 3.05) is 20.3 Å². The average Bonchev–Trinajstić information content (AvgIpc) is 2.71. The number of rotatable bonds is 11. The monoisotopic (exact) mass is 385 g/mol. The van der Waals surface area contributed by atoms with Gasteiger partial charge in [-0.1, -0.05) is 51.5 Å². The molecule has 5 heteroatoms. The summed E-state index contributed by atoms with van der Waals surface area (Å²) in [5.41, 5.74) is 2.04. The molecule has 0 aliphatic heterocycles. The molecule has 5 nitrogen and oxygen atoms in total. The van der Waals surface area contributed by atoms with Gasteiger partial charge in [-0.2, -0.15) is 0 Å². The Balaban J connectivity index is 1.87. The number of amides is 1. The Hall–Kier alpha value is -2.69. The Morgan fingerprint density at radius 1 is 1.04 bits per heavy atom. The summed E-state index contributed by atoms with van der Waals surface area (Å²) >= 11 is 0. The number of ether oxygens (including phenoxy) is 3. The van der Waals surface area contributed by atoms with Crippen LogP contribution in [0.15, 0.2) is 42.5 Å². The van der Waals surface area contributed by atoms with Gasteiger partial charge in [-0.05, 0) is 41.7 Å². The summed E-state index contributed by atoms with van der Waals surface area (Å²) in [6.45, 7) is 7.38. The third-order valence-corrected chi connectivity index (χ3v) is 4.37. The van der Waals surface area contributed by atoms with E-state index in [1.165, 1.54) is 0 Å². The Morgan fingerprint density at radius 3 is 2.54 bits per heavy atom. The van der Waals surface area contributed by atoms with Crippen LogP contribution in [-0.4, -0.2) is 26.2 Å². The number of carbonyl (C=O) groups is 1. The van der Waals surface area contributed by atoms with Gasteiger partial charge in [-0.15, -0.1) is 0 Å². The fourth-order valence-electron chi connectivity index (χ4n) is 2.75. The highest BCUT2D eigenvalue weighted by Gasteiger charge is 2.10. The zero-order valence-corrected chi connectivity index (χ0v) is 17.3. The number of nitrogens with one attached hydrogen (secondary N) is 1. The molecule has 28 heavy (non-hydrogen) atoms. The molecule has 0 aliphatic carbocycles. The first-order valence-corrected chi connectivity index (χ1v) is 9.83. The molecule has 0 unspecified atom stereocenters. The van der Waals surface area contributed by atoms with Crippen LogP contribution in [0.25, 0.3) is 0 Å². The summed E-state index contributed by atoms with van der Waals surface area (Å²) in [5.74, 6) is 2.32. The minimum Gasteiger partial charge on any atom is -0.493 e. The van der Waals surface area contributed by atoms with Crippen LogP contribution in [0.3, 0.4) is 0 Å². The minimum absolute atomic E-state index is 0.0148. The topological polar surface area (TPSA) is 56.8 Å². The highest BCUT2D eigenvalue weighted by atomic mass is 16.5. The molecule has 0 radical (unpaired) electrons. The number of benzene rings is 2. The molecule has 0 saturated heterocycles. The molecule has 2 aromatic rings. The third-order valence-electron chi connectivity index (χ3n) is 4.37. The van der Waals surface area contributed by atoms with Gasteiger partial charge in [0.25, 0.3) is 5.91 Å². The highest BCUT2D eigenvalue weighted by molar-refractivity contribution is 5.77. The zero-order valence-electron chi connectivity index (χ0n) is 17.3. The molecule has 0 bridgehead atoms. The molecule has 152 valence electrons. The number of methoxy groups -OCH3 is 1. The van der Waals surface area contributed by atoms with E-state index < -0.39 is 0 Å². The average molecular weight is 386 g/mol. The van der Waals surface area contributed by atoms with Crippen LogP contribution in [0, 0.1) is 0 Å². The summed E-state index contributed by atoms with van der Waals surface area (Å²) in [6, 6.07) is 13.5. The van der Waals surface area contributed by atoms with Crippen LogP contribution >= 0.6 is 0 Å². The van der Waals surface area contributed by atoms with E-state index in [9.17, 15) is 4.79 Å². The lowest BCUT2D eigenvalue weighted by Gasteiger charge is -2.14. The predicted molar refractivity (Wildman–Crippen MR) is 111 cm³/mol. The standard InChI is InChI=1S/C23H31NO4/c1-5-6-13-27-21-12-11-18(14-22(21)26-4)15-24-23(25)16-28-20-10-8-7-9-19(20)17(2)3/h7-12,14,17H,5-6,13,15-16H2,1-4H3,(H,24,25). The van der Waals surface area contributed by atoms with E-state index in [0.717, 1.165) is 35.5 Å². The normalized spacial score (nSPS) is 10.6. The van der Waals surface area contributed by atoms with Crippen molar-refractivity contribution in [3.8, 4) is 17.2 Å². The van der Waals surface area contributed by atoms with E-state index in [2.05, 4.69) is 26.1 Å². The highest BCUT2D eigenvalue weighted by Crippen LogP contribution is 2.28. The van der Waals surface area contributed by atoms with Crippen molar-refractivity contribution in [1.29, 1.82) is 0 Å². The van der Waals surface area contributed by atoms with Gasteiger partial charge in [0, 0.05) is 6.54 Å². The number of para-hydroxylation sites is 1. The molecule has 0 spiro atoms. The maximum atomic E-state index is 12.2. The van der Waals surface area contributed by atoms with Gasteiger partial charge in [-0.25, -0.2) is 0 Å². The largest absolute Gasteiger partial charge is 0.493 e. The van der Waals surface area contributed by atoms with Crippen molar-refractivity contribution in [2.24, 2.45) is 0 Å². The van der Waals surface area contributed by atoms with Crippen molar-refractivity contribution in [1.82, 2.24) is 5.32 Å².